The molecule has 0 aromatic heterocycles. The lowest BCUT2D eigenvalue weighted by atomic mass is 9.90. The average molecular weight is 399 g/mol. The minimum Gasteiger partial charge on any atom is -0.465 e. The second kappa shape index (κ2) is 10.5. The van der Waals surface area contributed by atoms with E-state index in [1.165, 1.54) is 0 Å². The lowest BCUT2D eigenvalue weighted by Gasteiger charge is -2.17. The highest BCUT2D eigenvalue weighted by Crippen LogP contribution is 2.21. The van der Waals surface area contributed by atoms with E-state index in [9.17, 15) is 9.59 Å². The van der Waals surface area contributed by atoms with Crippen molar-refractivity contribution in [2.24, 2.45) is 5.41 Å². The molecule has 6 nitrogen and oxygen atoms in total. The van der Waals surface area contributed by atoms with Crippen molar-refractivity contribution >= 4 is 23.6 Å². The predicted molar refractivity (Wildman–Crippen MR) is 116 cm³/mol. The van der Waals surface area contributed by atoms with E-state index in [1.807, 2.05) is 36.4 Å². The van der Waals surface area contributed by atoms with Crippen LogP contribution < -0.4 is 10.6 Å². The summed E-state index contributed by atoms with van der Waals surface area (Å²) in [7, 11) is 0. The molecular weight excluding hydrogens is 368 g/mol. The van der Waals surface area contributed by atoms with Gasteiger partial charge in [0.05, 0.1) is 6.61 Å². The lowest BCUT2D eigenvalue weighted by molar-refractivity contribution is 0.157. The molecule has 3 N–H and O–H groups in total. The third-order valence-corrected chi connectivity index (χ3v) is 4.37. The predicted octanol–water partition coefficient (Wildman–Crippen LogP) is 6.13. The number of hydrogen-bond donors (Lipinski definition) is 3. The highest BCUT2D eigenvalue weighted by atomic mass is 16.5. The van der Waals surface area contributed by atoms with Crippen LogP contribution in [0.2, 0.25) is 0 Å². The zero-order valence-corrected chi connectivity index (χ0v) is 17.3. The van der Waals surface area contributed by atoms with E-state index in [-0.39, 0.29) is 0 Å². The maximum Gasteiger partial charge on any atom is 0.411 e. The van der Waals surface area contributed by atoms with Crippen LogP contribution >= 0.6 is 0 Å². The first-order valence-electron chi connectivity index (χ1n) is 9.83. The number of carboxylic acid groups (broad SMARTS) is 1. The van der Waals surface area contributed by atoms with Gasteiger partial charge in [0.15, 0.2) is 0 Å². The van der Waals surface area contributed by atoms with Gasteiger partial charge in [-0.05, 0) is 66.5 Å². The fourth-order valence-electron chi connectivity index (χ4n) is 2.85. The van der Waals surface area contributed by atoms with E-state index < -0.39 is 12.2 Å². The molecular formula is C23H30N2O4. The van der Waals surface area contributed by atoms with Crippen molar-refractivity contribution < 1.29 is 19.4 Å². The van der Waals surface area contributed by atoms with Gasteiger partial charge in [0.25, 0.3) is 0 Å². The average Bonchev–Trinajstić information content (AvgIpc) is 2.63. The van der Waals surface area contributed by atoms with Crippen molar-refractivity contribution in [3.63, 3.8) is 0 Å². The Hall–Kier alpha value is -3.02. The van der Waals surface area contributed by atoms with E-state index in [2.05, 4.69) is 31.4 Å². The summed E-state index contributed by atoms with van der Waals surface area (Å²) in [5, 5.41) is 13.8. The normalized spacial score (nSPS) is 11.0. The minimum absolute atomic E-state index is 0.307. The molecule has 2 aromatic carbocycles. The Morgan fingerprint density at radius 3 is 1.86 bits per heavy atom. The van der Waals surface area contributed by atoms with Crippen LogP contribution in [0.4, 0.5) is 21.0 Å². The molecule has 0 aliphatic carbocycles. The third kappa shape index (κ3) is 9.14. The largest absolute Gasteiger partial charge is 0.465 e. The number of benzene rings is 2. The second-order valence-corrected chi connectivity index (χ2v) is 8.28. The van der Waals surface area contributed by atoms with Crippen molar-refractivity contribution in [1.29, 1.82) is 0 Å². The van der Waals surface area contributed by atoms with Crippen LogP contribution in [0.1, 0.15) is 51.2 Å². The van der Waals surface area contributed by atoms with E-state index >= 15 is 0 Å². The van der Waals surface area contributed by atoms with Crippen molar-refractivity contribution in [1.82, 2.24) is 0 Å². The Morgan fingerprint density at radius 2 is 1.38 bits per heavy atom. The Kier molecular flexibility index (Phi) is 8.07. The summed E-state index contributed by atoms with van der Waals surface area (Å²) in [5.41, 5.74) is 3.69. The molecule has 0 bridgehead atoms. The van der Waals surface area contributed by atoms with Crippen molar-refractivity contribution in [2.45, 2.75) is 46.5 Å². The smallest absolute Gasteiger partial charge is 0.411 e. The molecule has 0 atom stereocenters. The van der Waals surface area contributed by atoms with Crippen LogP contribution in [0.5, 0.6) is 0 Å². The number of anilines is 2. The van der Waals surface area contributed by atoms with Gasteiger partial charge in [-0.2, -0.15) is 0 Å². The molecule has 6 heteroatoms. The van der Waals surface area contributed by atoms with E-state index in [1.54, 1.807) is 12.1 Å². The zero-order valence-electron chi connectivity index (χ0n) is 17.3. The molecule has 0 radical (unpaired) electrons. The molecule has 29 heavy (non-hydrogen) atoms. The van der Waals surface area contributed by atoms with Gasteiger partial charge in [-0.3, -0.25) is 10.6 Å². The van der Waals surface area contributed by atoms with Crippen LogP contribution in [0.15, 0.2) is 48.5 Å². The maximum absolute atomic E-state index is 11.9. The van der Waals surface area contributed by atoms with Crippen LogP contribution in [0.25, 0.3) is 0 Å². The summed E-state index contributed by atoms with van der Waals surface area (Å²) < 4.78 is 5.23. The number of hydrogen-bond acceptors (Lipinski definition) is 3. The first-order chi connectivity index (χ1) is 13.7. The topological polar surface area (TPSA) is 87.7 Å². The lowest BCUT2D eigenvalue weighted by Crippen LogP contribution is -2.14. The molecule has 2 rings (SSSR count). The number of nitrogens with one attached hydrogen (secondary N) is 2. The summed E-state index contributed by atoms with van der Waals surface area (Å²) in [4.78, 5) is 22.5. The summed E-state index contributed by atoms with van der Waals surface area (Å²) in [5.74, 6) is 0. The van der Waals surface area contributed by atoms with Gasteiger partial charge in [-0.15, -0.1) is 0 Å². The van der Waals surface area contributed by atoms with Gasteiger partial charge in [-0.1, -0.05) is 45.0 Å². The fourth-order valence-corrected chi connectivity index (χ4v) is 2.85. The van der Waals surface area contributed by atoms with Gasteiger partial charge >= 0.3 is 12.2 Å². The Balaban J connectivity index is 1.75. The number of carbonyl (C=O) groups is 2. The SMILES string of the molecule is CC(C)(C)CCCCOC(=O)Nc1ccc(Cc2ccc(NC(=O)O)cc2)cc1. The first kappa shape index (κ1) is 22.3. The number of unbranched alkanes of at least 4 members (excludes halogenated alkanes) is 1. The monoisotopic (exact) mass is 398 g/mol. The molecule has 0 saturated carbocycles. The Bertz CT molecular complexity index is 793. The molecule has 0 aliphatic heterocycles. The number of amides is 2. The van der Waals surface area contributed by atoms with Crippen molar-refractivity contribution in [2.75, 3.05) is 17.2 Å². The highest BCUT2D eigenvalue weighted by molar-refractivity contribution is 5.84. The van der Waals surface area contributed by atoms with E-state index in [0.717, 1.165) is 30.4 Å². The molecule has 0 saturated heterocycles. The first-order valence-corrected chi connectivity index (χ1v) is 9.83. The van der Waals surface area contributed by atoms with Crippen LogP contribution in [0, 0.1) is 5.41 Å². The quantitative estimate of drug-likeness (QED) is 0.467. The van der Waals surface area contributed by atoms with Crippen LogP contribution in [0.3, 0.4) is 0 Å². The Labute approximate surface area is 172 Å². The molecule has 0 heterocycles. The molecule has 156 valence electrons. The molecule has 0 unspecified atom stereocenters. The highest BCUT2D eigenvalue weighted by Gasteiger charge is 2.09. The summed E-state index contributed by atoms with van der Waals surface area (Å²) >= 11 is 0. The summed E-state index contributed by atoms with van der Waals surface area (Å²) in [6.07, 6.45) is 2.21. The van der Waals surface area contributed by atoms with Gasteiger partial charge in [0.1, 0.15) is 0 Å². The fraction of sp³-hybridized carbons (Fsp3) is 0.391. The molecule has 2 amide bonds. The second-order valence-electron chi connectivity index (χ2n) is 8.28. The van der Waals surface area contributed by atoms with Gasteiger partial charge in [-0.25, -0.2) is 9.59 Å². The zero-order chi connectivity index (χ0) is 21.3. The molecule has 0 fully saturated rings. The van der Waals surface area contributed by atoms with Crippen molar-refractivity contribution in [3.05, 3.63) is 59.7 Å². The van der Waals surface area contributed by atoms with Crippen LogP contribution in [-0.2, 0) is 11.2 Å². The summed E-state index contributed by atoms with van der Waals surface area (Å²) in [6.45, 7) is 7.04. The standard InChI is InChI=1S/C23H30N2O4/c1-23(2,3)14-4-5-15-29-22(28)25-20-12-8-18(9-13-20)16-17-6-10-19(11-7-17)24-21(26)27/h6-13,24H,4-5,14-16H2,1-3H3,(H,25,28)(H,26,27). The molecule has 2 aromatic rings. The minimum atomic E-state index is -1.08. The summed E-state index contributed by atoms with van der Waals surface area (Å²) in [6, 6.07) is 14.8. The van der Waals surface area contributed by atoms with Gasteiger partial charge in [0, 0.05) is 11.4 Å². The third-order valence-electron chi connectivity index (χ3n) is 4.37. The Morgan fingerprint density at radius 1 is 0.862 bits per heavy atom. The van der Waals surface area contributed by atoms with Crippen molar-refractivity contribution in [3.8, 4) is 0 Å². The molecule has 0 spiro atoms. The molecule has 0 aliphatic rings. The van der Waals surface area contributed by atoms with Gasteiger partial charge < -0.3 is 9.84 Å². The number of ether oxygens (including phenoxy) is 1. The van der Waals surface area contributed by atoms with Gasteiger partial charge in [0.2, 0.25) is 0 Å². The van der Waals surface area contributed by atoms with E-state index in [0.29, 0.717) is 29.8 Å². The van der Waals surface area contributed by atoms with E-state index in [4.69, 9.17) is 9.84 Å². The van der Waals surface area contributed by atoms with Crippen LogP contribution in [-0.4, -0.2) is 23.9 Å². The maximum atomic E-state index is 11.9. The number of carbonyl (C=O) groups excluding carboxylic acids is 1. The number of rotatable bonds is 8.